The molecule has 25 heavy (non-hydrogen) atoms. The van der Waals surface area contributed by atoms with Gasteiger partial charge in [0, 0.05) is 10.6 Å². The lowest BCUT2D eigenvalue weighted by Crippen LogP contribution is -2.25. The van der Waals surface area contributed by atoms with Crippen LogP contribution < -0.4 is 4.74 Å². The number of ketones is 1. The first-order chi connectivity index (χ1) is 11.8. The molecule has 0 fully saturated rings. The summed E-state index contributed by atoms with van der Waals surface area (Å²) >= 11 is 5.82. The molecule has 0 radical (unpaired) electrons. The van der Waals surface area contributed by atoms with Gasteiger partial charge in [0.25, 0.3) is 0 Å². The summed E-state index contributed by atoms with van der Waals surface area (Å²) in [4.78, 5) is 34.9. The van der Waals surface area contributed by atoms with Gasteiger partial charge in [-0.1, -0.05) is 23.7 Å². The number of hydrogen-bond donors (Lipinski definition) is 2. The van der Waals surface area contributed by atoms with Crippen molar-refractivity contribution in [2.75, 3.05) is 7.11 Å². The standard InChI is InChI=1S/C18H15ClO6/c1-25-16-11(9-14(17(21)22)18(23)24)3-2-4-13(16)15(20)10-5-7-12(19)8-6-10/h2-8,14H,9H2,1H3,(H,21,22)(H,23,24). The van der Waals surface area contributed by atoms with Crippen molar-refractivity contribution in [3.05, 3.63) is 64.2 Å². The molecule has 0 saturated heterocycles. The molecule has 2 N–H and O–H groups in total. The van der Waals surface area contributed by atoms with E-state index in [2.05, 4.69) is 0 Å². The van der Waals surface area contributed by atoms with Gasteiger partial charge in [0.05, 0.1) is 12.7 Å². The number of para-hydroxylation sites is 1. The van der Waals surface area contributed by atoms with Gasteiger partial charge < -0.3 is 14.9 Å². The lowest BCUT2D eigenvalue weighted by molar-refractivity contribution is -0.154. The summed E-state index contributed by atoms with van der Waals surface area (Å²) in [6.45, 7) is 0. The maximum atomic E-state index is 12.7. The van der Waals surface area contributed by atoms with Crippen LogP contribution in [0.25, 0.3) is 0 Å². The second-order valence-corrected chi connectivity index (χ2v) is 5.70. The molecule has 0 aliphatic carbocycles. The van der Waals surface area contributed by atoms with Gasteiger partial charge in [0.15, 0.2) is 11.7 Å². The van der Waals surface area contributed by atoms with E-state index in [1.54, 1.807) is 30.3 Å². The number of hydrogen-bond acceptors (Lipinski definition) is 4. The lowest BCUT2D eigenvalue weighted by Gasteiger charge is -2.15. The Morgan fingerprint density at radius 3 is 2.16 bits per heavy atom. The highest BCUT2D eigenvalue weighted by molar-refractivity contribution is 6.30. The highest BCUT2D eigenvalue weighted by atomic mass is 35.5. The topological polar surface area (TPSA) is 101 Å². The molecule has 0 aliphatic heterocycles. The van der Waals surface area contributed by atoms with Crippen LogP contribution in [0.5, 0.6) is 5.75 Å². The zero-order valence-corrected chi connectivity index (χ0v) is 14.0. The van der Waals surface area contributed by atoms with Gasteiger partial charge in [-0.15, -0.1) is 0 Å². The summed E-state index contributed by atoms with van der Waals surface area (Å²) in [5.41, 5.74) is 0.932. The van der Waals surface area contributed by atoms with Crippen molar-refractivity contribution in [3.63, 3.8) is 0 Å². The van der Waals surface area contributed by atoms with Gasteiger partial charge in [0.1, 0.15) is 5.75 Å². The number of carbonyl (C=O) groups is 3. The maximum absolute atomic E-state index is 12.7. The first kappa shape index (κ1) is 18.5. The molecule has 2 aromatic carbocycles. The largest absolute Gasteiger partial charge is 0.496 e. The van der Waals surface area contributed by atoms with Crippen LogP contribution in [0.2, 0.25) is 5.02 Å². The number of carboxylic acid groups (broad SMARTS) is 2. The van der Waals surface area contributed by atoms with Crippen LogP contribution in [0.3, 0.4) is 0 Å². The molecule has 0 aliphatic rings. The van der Waals surface area contributed by atoms with E-state index in [0.29, 0.717) is 16.1 Å². The monoisotopic (exact) mass is 362 g/mol. The Morgan fingerprint density at radius 1 is 1.04 bits per heavy atom. The van der Waals surface area contributed by atoms with Gasteiger partial charge in [-0.3, -0.25) is 14.4 Å². The number of aliphatic carboxylic acids is 2. The molecule has 0 heterocycles. The van der Waals surface area contributed by atoms with Gasteiger partial charge in [-0.05, 0) is 42.3 Å². The third-order valence-corrected chi connectivity index (χ3v) is 3.92. The fraction of sp³-hybridized carbons (Fsp3) is 0.167. The van der Waals surface area contributed by atoms with E-state index < -0.39 is 17.9 Å². The summed E-state index contributed by atoms with van der Waals surface area (Å²) in [7, 11) is 1.34. The van der Waals surface area contributed by atoms with Gasteiger partial charge in [-0.25, -0.2) is 0 Å². The summed E-state index contributed by atoms with van der Waals surface area (Å²) in [6, 6.07) is 10.9. The van der Waals surface area contributed by atoms with Crippen LogP contribution in [0.1, 0.15) is 21.5 Å². The van der Waals surface area contributed by atoms with Crippen LogP contribution in [0.15, 0.2) is 42.5 Å². The quantitative estimate of drug-likeness (QED) is 0.580. The maximum Gasteiger partial charge on any atom is 0.318 e. The van der Waals surface area contributed by atoms with Crippen LogP contribution in [0, 0.1) is 5.92 Å². The molecule has 7 heteroatoms. The highest BCUT2D eigenvalue weighted by Gasteiger charge is 2.28. The predicted octanol–water partition coefficient (Wildman–Crippen LogP) is 2.91. The summed E-state index contributed by atoms with van der Waals surface area (Å²) in [5, 5.41) is 18.6. The fourth-order valence-electron chi connectivity index (χ4n) is 2.42. The van der Waals surface area contributed by atoms with Gasteiger partial charge in [-0.2, -0.15) is 0 Å². The number of halogens is 1. The number of carboxylic acids is 2. The molecule has 0 atom stereocenters. The fourth-order valence-corrected chi connectivity index (χ4v) is 2.55. The van der Waals surface area contributed by atoms with E-state index in [-0.39, 0.29) is 23.5 Å². The Morgan fingerprint density at radius 2 is 1.64 bits per heavy atom. The van der Waals surface area contributed by atoms with Crippen molar-refractivity contribution >= 4 is 29.3 Å². The molecular weight excluding hydrogens is 348 g/mol. The lowest BCUT2D eigenvalue weighted by atomic mass is 9.94. The Bertz CT molecular complexity index is 799. The normalized spacial score (nSPS) is 10.5. The van der Waals surface area contributed by atoms with E-state index in [4.69, 9.17) is 26.6 Å². The molecular formula is C18H15ClO6. The molecule has 6 nitrogen and oxygen atoms in total. The van der Waals surface area contributed by atoms with Crippen LogP contribution in [0.4, 0.5) is 0 Å². The number of methoxy groups -OCH3 is 1. The molecule has 0 unspecified atom stereocenters. The molecule has 0 bridgehead atoms. The third kappa shape index (κ3) is 4.16. The minimum absolute atomic E-state index is 0.162. The number of rotatable bonds is 7. The minimum Gasteiger partial charge on any atom is -0.496 e. The Balaban J connectivity index is 2.44. The Hall–Kier alpha value is -2.86. The first-order valence-electron chi connectivity index (χ1n) is 7.27. The third-order valence-electron chi connectivity index (χ3n) is 3.67. The number of ether oxygens (including phenoxy) is 1. The minimum atomic E-state index is -1.63. The van der Waals surface area contributed by atoms with Crippen molar-refractivity contribution in [1.29, 1.82) is 0 Å². The molecule has 0 amide bonds. The molecule has 0 aromatic heterocycles. The summed E-state index contributed by atoms with van der Waals surface area (Å²) in [5.74, 6) is -4.71. The van der Waals surface area contributed by atoms with E-state index in [0.717, 1.165) is 0 Å². The molecule has 130 valence electrons. The van der Waals surface area contributed by atoms with Crippen molar-refractivity contribution in [3.8, 4) is 5.75 Å². The number of benzene rings is 2. The molecule has 0 saturated carbocycles. The van der Waals surface area contributed by atoms with Gasteiger partial charge in [0.2, 0.25) is 0 Å². The van der Waals surface area contributed by atoms with Crippen molar-refractivity contribution in [2.45, 2.75) is 6.42 Å². The van der Waals surface area contributed by atoms with Gasteiger partial charge >= 0.3 is 11.9 Å². The zero-order chi connectivity index (χ0) is 18.6. The molecule has 2 rings (SSSR count). The first-order valence-corrected chi connectivity index (χ1v) is 7.64. The predicted molar refractivity (Wildman–Crippen MR) is 90.3 cm³/mol. The molecule has 2 aromatic rings. The summed E-state index contributed by atoms with van der Waals surface area (Å²) in [6.07, 6.45) is -0.296. The Kier molecular flexibility index (Phi) is 5.77. The zero-order valence-electron chi connectivity index (χ0n) is 13.2. The van der Waals surface area contributed by atoms with E-state index in [1.165, 1.54) is 19.2 Å². The van der Waals surface area contributed by atoms with Crippen molar-refractivity contribution in [1.82, 2.24) is 0 Å². The Labute approximate surface area is 148 Å². The highest BCUT2D eigenvalue weighted by Crippen LogP contribution is 2.29. The van der Waals surface area contributed by atoms with Crippen LogP contribution in [-0.4, -0.2) is 35.0 Å². The van der Waals surface area contributed by atoms with Crippen molar-refractivity contribution in [2.24, 2.45) is 5.92 Å². The second kappa shape index (κ2) is 7.81. The van der Waals surface area contributed by atoms with Crippen LogP contribution >= 0.6 is 11.6 Å². The molecule has 0 spiro atoms. The van der Waals surface area contributed by atoms with Crippen LogP contribution in [-0.2, 0) is 16.0 Å². The summed E-state index contributed by atoms with van der Waals surface area (Å²) < 4.78 is 5.27. The average molecular weight is 363 g/mol. The van der Waals surface area contributed by atoms with E-state index in [1.807, 2.05) is 0 Å². The van der Waals surface area contributed by atoms with E-state index in [9.17, 15) is 14.4 Å². The average Bonchev–Trinajstić information content (AvgIpc) is 2.58. The van der Waals surface area contributed by atoms with E-state index >= 15 is 0 Å². The smallest absolute Gasteiger partial charge is 0.318 e. The number of carbonyl (C=O) groups excluding carboxylic acids is 1. The van der Waals surface area contributed by atoms with Crippen molar-refractivity contribution < 1.29 is 29.3 Å². The SMILES string of the molecule is COc1c(CC(C(=O)O)C(=O)O)cccc1C(=O)c1ccc(Cl)cc1. The second-order valence-electron chi connectivity index (χ2n) is 5.27.